The second kappa shape index (κ2) is 5.31. The predicted octanol–water partition coefficient (Wildman–Crippen LogP) is 4.60. The van der Waals surface area contributed by atoms with E-state index < -0.39 is 0 Å². The largest absolute Gasteiger partial charge is 0.393 e. The highest BCUT2D eigenvalue weighted by Crippen LogP contribution is 2.67. The van der Waals surface area contributed by atoms with Gasteiger partial charge in [-0.2, -0.15) is 0 Å². The van der Waals surface area contributed by atoms with E-state index >= 15 is 0 Å². The molecule has 0 aromatic heterocycles. The normalized spacial score (nSPS) is 55.7. The van der Waals surface area contributed by atoms with E-state index in [1.54, 1.807) is 0 Å². The van der Waals surface area contributed by atoms with Crippen molar-refractivity contribution in [2.24, 2.45) is 40.4 Å². The third kappa shape index (κ3) is 2.19. The fraction of sp³-hybridized carbons (Fsp3) is 0.952. The topological polar surface area (TPSA) is 37.3 Å². The smallest absolute Gasteiger partial charge is 0.133 e. The van der Waals surface area contributed by atoms with Gasteiger partial charge in [0.1, 0.15) is 5.78 Å². The zero-order valence-electron chi connectivity index (χ0n) is 15.2. The number of aliphatic hydroxyl groups excluding tert-OH is 1. The zero-order valence-corrected chi connectivity index (χ0v) is 15.2. The predicted molar refractivity (Wildman–Crippen MR) is 91.9 cm³/mol. The average molecular weight is 319 g/mol. The third-order valence-corrected chi connectivity index (χ3v) is 9.13. The molecule has 2 nitrogen and oxygen atoms in total. The number of hydrogen-bond acceptors (Lipinski definition) is 2. The van der Waals surface area contributed by atoms with E-state index in [2.05, 4.69) is 13.8 Å². The maximum Gasteiger partial charge on any atom is 0.133 e. The number of aliphatic hydroxyl groups is 1. The van der Waals surface area contributed by atoms with Gasteiger partial charge in [0.05, 0.1) is 6.10 Å². The van der Waals surface area contributed by atoms with Crippen LogP contribution < -0.4 is 0 Å². The molecule has 0 spiro atoms. The van der Waals surface area contributed by atoms with Crippen molar-refractivity contribution in [3.05, 3.63) is 0 Å². The van der Waals surface area contributed by atoms with Gasteiger partial charge in [0.2, 0.25) is 0 Å². The van der Waals surface area contributed by atoms with Crippen molar-refractivity contribution in [3.8, 4) is 0 Å². The summed E-state index contributed by atoms with van der Waals surface area (Å²) in [5, 5.41) is 10.1. The van der Waals surface area contributed by atoms with E-state index in [-0.39, 0.29) is 11.5 Å². The van der Waals surface area contributed by atoms with Crippen LogP contribution in [0.4, 0.5) is 0 Å². The number of carbonyl (C=O) groups excluding carboxylic acids is 1. The molecule has 23 heavy (non-hydrogen) atoms. The number of hydrogen-bond donors (Lipinski definition) is 1. The quantitative estimate of drug-likeness (QED) is 0.767. The van der Waals surface area contributed by atoms with E-state index in [1.807, 2.05) is 6.92 Å². The number of Topliss-reactive ketones (excluding diaryl/α,β-unsaturated/α-hetero) is 1. The molecule has 1 N–H and O–H groups in total. The Morgan fingerprint density at radius 2 is 1.61 bits per heavy atom. The van der Waals surface area contributed by atoms with Crippen LogP contribution in [0.1, 0.15) is 78.6 Å². The lowest BCUT2D eigenvalue weighted by Gasteiger charge is -2.60. The van der Waals surface area contributed by atoms with Crippen LogP contribution in [0, 0.1) is 40.4 Å². The first kappa shape index (κ1) is 16.1. The highest BCUT2D eigenvalue weighted by atomic mass is 16.3. The van der Waals surface area contributed by atoms with Crippen molar-refractivity contribution in [3.63, 3.8) is 0 Å². The Morgan fingerprint density at radius 1 is 0.913 bits per heavy atom. The summed E-state index contributed by atoms with van der Waals surface area (Å²) in [7, 11) is 0. The summed E-state index contributed by atoms with van der Waals surface area (Å²) in [6.45, 7) is 6.80. The summed E-state index contributed by atoms with van der Waals surface area (Å²) in [5.74, 6) is 3.97. The Hall–Kier alpha value is -0.370. The van der Waals surface area contributed by atoms with Crippen molar-refractivity contribution in [1.82, 2.24) is 0 Å². The number of fused-ring (bicyclic) bond motifs is 5. The van der Waals surface area contributed by atoms with Gasteiger partial charge >= 0.3 is 0 Å². The summed E-state index contributed by atoms with van der Waals surface area (Å²) >= 11 is 0. The molecule has 130 valence electrons. The van der Waals surface area contributed by atoms with Gasteiger partial charge < -0.3 is 5.11 Å². The van der Waals surface area contributed by atoms with Crippen LogP contribution in [0.15, 0.2) is 0 Å². The molecule has 0 bridgehead atoms. The van der Waals surface area contributed by atoms with Crippen LogP contribution in [0.3, 0.4) is 0 Å². The zero-order chi connectivity index (χ0) is 16.4. The van der Waals surface area contributed by atoms with Gasteiger partial charge in [-0.1, -0.05) is 13.8 Å². The van der Waals surface area contributed by atoms with Gasteiger partial charge in [-0.05, 0) is 99.2 Å². The SMILES string of the molecule is CC(=O)[C@@H]1CC[C@H]2[C@H]3CC[C@H]4C[C@@H](O)CC[C@]4(C)[C@@H]3CC[C@]12C. The summed E-state index contributed by atoms with van der Waals surface area (Å²) in [6, 6.07) is 0. The van der Waals surface area contributed by atoms with Crippen molar-refractivity contribution in [2.45, 2.75) is 84.7 Å². The van der Waals surface area contributed by atoms with Gasteiger partial charge in [-0.3, -0.25) is 4.79 Å². The maximum atomic E-state index is 12.2. The Kier molecular flexibility index (Phi) is 3.72. The Balaban J connectivity index is 1.61. The molecule has 4 aliphatic carbocycles. The first-order chi connectivity index (χ1) is 10.9. The number of carbonyl (C=O) groups is 1. The van der Waals surface area contributed by atoms with Gasteiger partial charge in [0, 0.05) is 5.92 Å². The lowest BCUT2D eigenvalue weighted by Crippen LogP contribution is -2.54. The molecular formula is C21H34O2. The molecule has 0 saturated heterocycles. The van der Waals surface area contributed by atoms with E-state index in [0.717, 1.165) is 42.9 Å². The first-order valence-corrected chi connectivity index (χ1v) is 10.0. The van der Waals surface area contributed by atoms with Gasteiger partial charge in [0.15, 0.2) is 0 Å². The van der Waals surface area contributed by atoms with Crippen LogP contribution >= 0.6 is 0 Å². The second-order valence-electron chi connectivity index (χ2n) is 9.87. The molecule has 0 heterocycles. The molecule has 0 aliphatic heterocycles. The third-order valence-electron chi connectivity index (χ3n) is 9.13. The number of rotatable bonds is 1. The lowest BCUT2D eigenvalue weighted by atomic mass is 9.44. The standard InChI is InChI=1S/C21H34O2/c1-13(22)17-6-7-18-16-5-4-14-12-15(23)8-10-20(14,2)19(16)9-11-21(17,18)3/h14-19,23H,4-12H2,1-3H3/t14-,15-,16+,17-,18-,19+,20-,21+/m0/s1. The number of ketones is 1. The van der Waals surface area contributed by atoms with Gasteiger partial charge in [0.25, 0.3) is 0 Å². The summed E-state index contributed by atoms with van der Waals surface area (Å²) in [6.07, 6.45) is 10.9. The van der Waals surface area contributed by atoms with Gasteiger partial charge in [-0.25, -0.2) is 0 Å². The molecular weight excluding hydrogens is 284 g/mol. The van der Waals surface area contributed by atoms with Crippen molar-refractivity contribution < 1.29 is 9.90 Å². The van der Waals surface area contributed by atoms with Crippen LogP contribution in [0.25, 0.3) is 0 Å². The Labute approximate surface area is 141 Å². The highest BCUT2D eigenvalue weighted by molar-refractivity contribution is 5.79. The molecule has 8 atom stereocenters. The van der Waals surface area contributed by atoms with Crippen LogP contribution in [-0.2, 0) is 4.79 Å². The van der Waals surface area contributed by atoms with E-state index in [9.17, 15) is 9.90 Å². The van der Waals surface area contributed by atoms with Crippen molar-refractivity contribution in [2.75, 3.05) is 0 Å². The molecule has 4 fully saturated rings. The minimum absolute atomic E-state index is 0.0490. The van der Waals surface area contributed by atoms with E-state index in [4.69, 9.17) is 0 Å². The molecule has 0 amide bonds. The fourth-order valence-corrected chi connectivity index (χ4v) is 7.90. The summed E-state index contributed by atoms with van der Waals surface area (Å²) < 4.78 is 0. The van der Waals surface area contributed by atoms with Crippen LogP contribution in [0.2, 0.25) is 0 Å². The maximum absolute atomic E-state index is 12.2. The fourth-order valence-electron chi connectivity index (χ4n) is 7.90. The molecule has 2 heteroatoms. The minimum Gasteiger partial charge on any atom is -0.393 e. The summed E-state index contributed by atoms with van der Waals surface area (Å²) in [5.41, 5.74) is 0.738. The molecule has 4 aliphatic rings. The Morgan fingerprint density at radius 3 is 2.35 bits per heavy atom. The van der Waals surface area contributed by atoms with Crippen molar-refractivity contribution >= 4 is 5.78 Å². The molecule has 0 unspecified atom stereocenters. The van der Waals surface area contributed by atoms with Crippen LogP contribution in [0.5, 0.6) is 0 Å². The molecule has 0 radical (unpaired) electrons. The molecule has 4 saturated carbocycles. The summed E-state index contributed by atoms with van der Waals surface area (Å²) in [4.78, 5) is 12.2. The minimum atomic E-state index is -0.0490. The van der Waals surface area contributed by atoms with E-state index in [0.29, 0.717) is 17.1 Å². The molecule has 0 aromatic carbocycles. The highest BCUT2D eigenvalue weighted by Gasteiger charge is 2.60. The molecule has 4 rings (SSSR count). The van der Waals surface area contributed by atoms with Crippen molar-refractivity contribution in [1.29, 1.82) is 0 Å². The second-order valence-corrected chi connectivity index (χ2v) is 9.87. The first-order valence-electron chi connectivity index (χ1n) is 10.0. The lowest BCUT2D eigenvalue weighted by molar-refractivity contribution is -0.138. The molecule has 0 aromatic rings. The monoisotopic (exact) mass is 318 g/mol. The van der Waals surface area contributed by atoms with E-state index in [1.165, 1.54) is 38.5 Å². The average Bonchev–Trinajstić information content (AvgIpc) is 2.85. The van der Waals surface area contributed by atoms with Gasteiger partial charge in [-0.15, -0.1) is 0 Å². The van der Waals surface area contributed by atoms with Crippen LogP contribution in [-0.4, -0.2) is 17.0 Å². The Bertz CT molecular complexity index is 500.